The van der Waals surface area contributed by atoms with Crippen molar-refractivity contribution >= 4 is 11.5 Å². The lowest BCUT2D eigenvalue weighted by Gasteiger charge is -2.24. The van der Waals surface area contributed by atoms with Crippen LogP contribution in [-0.4, -0.2) is 49.4 Å². The molecule has 0 spiro atoms. The Labute approximate surface area is 178 Å². The van der Waals surface area contributed by atoms with Gasteiger partial charge in [-0.25, -0.2) is 9.48 Å². The van der Waals surface area contributed by atoms with Gasteiger partial charge in [0.1, 0.15) is 11.5 Å². The van der Waals surface area contributed by atoms with Gasteiger partial charge in [-0.05, 0) is 62.6 Å². The molecule has 0 fully saturated rings. The molecule has 0 unspecified atom stereocenters. The van der Waals surface area contributed by atoms with Crippen LogP contribution in [0.1, 0.15) is 38.2 Å². The molecule has 0 radical (unpaired) electrons. The molecule has 6 heteroatoms. The molecular weight excluding hydrogens is 380 g/mol. The second-order valence-electron chi connectivity index (χ2n) is 7.78. The van der Waals surface area contributed by atoms with Crippen molar-refractivity contribution in [2.45, 2.75) is 38.3 Å². The molecule has 2 heterocycles. The van der Waals surface area contributed by atoms with Crippen molar-refractivity contribution in [3.63, 3.8) is 0 Å². The number of hydrogen-bond acceptors (Lipinski definition) is 5. The van der Waals surface area contributed by atoms with E-state index in [1.807, 2.05) is 49.4 Å². The number of β-amino-alcohol motifs (C(OH)–C–C–N with tert-alkyl or cyclic N) is 1. The van der Waals surface area contributed by atoms with Gasteiger partial charge in [0, 0.05) is 18.1 Å². The summed E-state index contributed by atoms with van der Waals surface area (Å²) in [5.41, 5.74) is 0.675. The highest BCUT2D eigenvalue weighted by atomic mass is 16.5. The zero-order valence-electron chi connectivity index (χ0n) is 18.1. The maximum atomic E-state index is 12.0. The lowest BCUT2D eigenvalue weighted by Crippen LogP contribution is -2.41. The Morgan fingerprint density at radius 2 is 1.77 bits per heavy atom. The summed E-state index contributed by atoms with van der Waals surface area (Å²) < 4.78 is 18.9. The fourth-order valence-electron chi connectivity index (χ4n) is 4.53. The SMILES string of the molecule is CCOc1ccc([C@@]2(O)CN(c3cc(OC)ccc3OC)C3=[N+]2CCCCC3)cc1. The molecule has 30 heavy (non-hydrogen) atoms. The third-order valence-corrected chi connectivity index (χ3v) is 6.03. The molecule has 0 aliphatic carbocycles. The summed E-state index contributed by atoms with van der Waals surface area (Å²) in [5, 5.41) is 12.0. The summed E-state index contributed by atoms with van der Waals surface area (Å²) in [7, 11) is 3.34. The summed E-state index contributed by atoms with van der Waals surface area (Å²) in [6.45, 7) is 3.84. The van der Waals surface area contributed by atoms with Crippen molar-refractivity contribution in [3.05, 3.63) is 48.0 Å². The highest BCUT2D eigenvalue weighted by molar-refractivity contribution is 5.97. The topological polar surface area (TPSA) is 54.2 Å². The highest BCUT2D eigenvalue weighted by Gasteiger charge is 2.52. The van der Waals surface area contributed by atoms with Crippen molar-refractivity contribution in [3.8, 4) is 17.2 Å². The Morgan fingerprint density at radius 1 is 1.00 bits per heavy atom. The summed E-state index contributed by atoms with van der Waals surface area (Å²) >= 11 is 0. The average Bonchev–Trinajstić information content (AvgIpc) is 2.92. The number of methoxy groups -OCH3 is 2. The maximum Gasteiger partial charge on any atom is 0.271 e. The Bertz CT molecular complexity index is 925. The Kier molecular flexibility index (Phi) is 5.86. The number of nitrogens with zero attached hydrogens (tertiary/aromatic N) is 2. The van der Waals surface area contributed by atoms with Crippen LogP contribution < -0.4 is 19.1 Å². The number of aliphatic hydroxyl groups is 1. The molecule has 2 aromatic carbocycles. The van der Waals surface area contributed by atoms with Crippen LogP contribution >= 0.6 is 0 Å². The van der Waals surface area contributed by atoms with Crippen LogP contribution in [0.25, 0.3) is 0 Å². The molecule has 0 amide bonds. The predicted octanol–water partition coefficient (Wildman–Crippen LogP) is 3.75. The zero-order chi connectivity index (χ0) is 21.1. The van der Waals surface area contributed by atoms with Crippen LogP contribution in [0.15, 0.2) is 42.5 Å². The van der Waals surface area contributed by atoms with Gasteiger partial charge in [0.25, 0.3) is 11.6 Å². The highest BCUT2D eigenvalue weighted by Crippen LogP contribution is 2.40. The minimum atomic E-state index is -1.11. The maximum absolute atomic E-state index is 12.0. The third kappa shape index (κ3) is 3.60. The predicted molar refractivity (Wildman–Crippen MR) is 117 cm³/mol. The van der Waals surface area contributed by atoms with Gasteiger partial charge < -0.3 is 19.3 Å². The minimum Gasteiger partial charge on any atom is -0.497 e. The van der Waals surface area contributed by atoms with Crippen LogP contribution in [0.4, 0.5) is 5.69 Å². The van der Waals surface area contributed by atoms with Crippen molar-refractivity contribution in [2.24, 2.45) is 0 Å². The van der Waals surface area contributed by atoms with Gasteiger partial charge in [-0.1, -0.05) is 0 Å². The van der Waals surface area contributed by atoms with Gasteiger partial charge in [-0.3, -0.25) is 0 Å². The van der Waals surface area contributed by atoms with E-state index in [0.29, 0.717) is 13.2 Å². The first kappa shape index (κ1) is 20.5. The van der Waals surface area contributed by atoms with Crippen LogP contribution in [0.3, 0.4) is 0 Å². The van der Waals surface area contributed by atoms with Crippen LogP contribution in [0.5, 0.6) is 17.2 Å². The largest absolute Gasteiger partial charge is 0.497 e. The lowest BCUT2D eigenvalue weighted by molar-refractivity contribution is -0.658. The van der Waals surface area contributed by atoms with E-state index in [0.717, 1.165) is 66.6 Å². The number of benzene rings is 2. The second kappa shape index (κ2) is 8.56. The molecule has 2 aliphatic heterocycles. The van der Waals surface area contributed by atoms with E-state index in [9.17, 15) is 5.11 Å². The zero-order valence-corrected chi connectivity index (χ0v) is 18.1. The van der Waals surface area contributed by atoms with E-state index in [4.69, 9.17) is 14.2 Å². The number of rotatable bonds is 6. The van der Waals surface area contributed by atoms with Crippen molar-refractivity contribution in [2.75, 3.05) is 38.8 Å². The number of amidine groups is 1. The number of ether oxygens (including phenoxy) is 3. The van der Waals surface area contributed by atoms with E-state index < -0.39 is 5.72 Å². The standard InChI is InChI=1S/C24H31N2O4/c1-4-30-19-11-9-18(10-12-19)24(27)17-25(23-8-6-5-7-15-26(23)24)21-16-20(28-2)13-14-22(21)29-3/h9-14,16,27H,4-8,15,17H2,1-3H3/q+1/t24-/m0/s1. The third-order valence-electron chi connectivity index (χ3n) is 6.03. The molecule has 160 valence electrons. The van der Waals surface area contributed by atoms with Crippen molar-refractivity contribution in [1.29, 1.82) is 0 Å². The first-order chi connectivity index (χ1) is 14.6. The molecule has 0 saturated carbocycles. The fraction of sp³-hybridized carbons (Fsp3) is 0.458. The first-order valence-corrected chi connectivity index (χ1v) is 10.7. The average molecular weight is 412 g/mol. The van der Waals surface area contributed by atoms with E-state index in [1.165, 1.54) is 0 Å². The number of hydrogen-bond donors (Lipinski definition) is 1. The minimum absolute atomic E-state index is 0.430. The van der Waals surface area contributed by atoms with Gasteiger partial charge in [-0.2, -0.15) is 0 Å². The molecule has 2 aliphatic rings. The smallest absolute Gasteiger partial charge is 0.271 e. The molecule has 4 rings (SSSR count). The fourth-order valence-corrected chi connectivity index (χ4v) is 4.53. The van der Waals surface area contributed by atoms with Crippen molar-refractivity contribution in [1.82, 2.24) is 0 Å². The quantitative estimate of drug-likeness (QED) is 0.734. The van der Waals surface area contributed by atoms with E-state index in [-0.39, 0.29) is 0 Å². The Morgan fingerprint density at radius 3 is 2.47 bits per heavy atom. The van der Waals surface area contributed by atoms with E-state index in [2.05, 4.69) is 9.48 Å². The summed E-state index contributed by atoms with van der Waals surface area (Å²) in [4.78, 5) is 2.20. The molecular formula is C24H31N2O4+. The van der Waals surface area contributed by atoms with Gasteiger partial charge in [0.05, 0.1) is 27.4 Å². The normalized spacial score (nSPS) is 21.3. The van der Waals surface area contributed by atoms with Gasteiger partial charge in [-0.15, -0.1) is 0 Å². The van der Waals surface area contributed by atoms with Crippen LogP contribution in [0, 0.1) is 0 Å². The van der Waals surface area contributed by atoms with Gasteiger partial charge >= 0.3 is 0 Å². The molecule has 0 saturated heterocycles. The molecule has 1 N–H and O–H groups in total. The Hall–Kier alpha value is -2.73. The Balaban J connectivity index is 1.79. The van der Waals surface area contributed by atoms with Crippen LogP contribution in [-0.2, 0) is 5.72 Å². The molecule has 1 atom stereocenters. The second-order valence-corrected chi connectivity index (χ2v) is 7.78. The van der Waals surface area contributed by atoms with Gasteiger partial charge in [0.2, 0.25) is 0 Å². The summed E-state index contributed by atoms with van der Waals surface area (Å²) in [5.74, 6) is 3.48. The summed E-state index contributed by atoms with van der Waals surface area (Å²) in [6.07, 6.45) is 4.24. The monoisotopic (exact) mass is 411 g/mol. The summed E-state index contributed by atoms with van der Waals surface area (Å²) in [6, 6.07) is 13.6. The van der Waals surface area contributed by atoms with Crippen molar-refractivity contribution < 1.29 is 23.9 Å². The van der Waals surface area contributed by atoms with E-state index in [1.54, 1.807) is 14.2 Å². The molecule has 6 nitrogen and oxygen atoms in total. The molecule has 2 aromatic rings. The molecule has 0 bridgehead atoms. The molecule has 0 aromatic heterocycles. The number of anilines is 1. The lowest BCUT2D eigenvalue weighted by atomic mass is 10.0. The van der Waals surface area contributed by atoms with Crippen LogP contribution in [0.2, 0.25) is 0 Å². The first-order valence-electron chi connectivity index (χ1n) is 10.7. The van der Waals surface area contributed by atoms with E-state index >= 15 is 0 Å². The van der Waals surface area contributed by atoms with Gasteiger partial charge in [0.15, 0.2) is 18.0 Å².